The smallest absolute Gasteiger partial charge is 0.187 e. The van der Waals surface area contributed by atoms with Crippen LogP contribution in [0.15, 0.2) is 54.2 Å². The van der Waals surface area contributed by atoms with E-state index in [9.17, 15) is 4.39 Å². The Labute approximate surface area is 174 Å². The highest BCUT2D eigenvalue weighted by molar-refractivity contribution is 7.14. The zero-order valence-electron chi connectivity index (χ0n) is 17.1. The van der Waals surface area contributed by atoms with Crippen LogP contribution in [0.4, 0.5) is 15.2 Å². The third-order valence-corrected chi connectivity index (χ3v) is 5.93. The molecule has 29 heavy (non-hydrogen) atoms. The zero-order chi connectivity index (χ0) is 20.5. The van der Waals surface area contributed by atoms with Gasteiger partial charge in [-0.1, -0.05) is 19.1 Å². The fourth-order valence-corrected chi connectivity index (χ4v) is 4.25. The van der Waals surface area contributed by atoms with Gasteiger partial charge < -0.3 is 9.88 Å². The Morgan fingerprint density at radius 1 is 1.07 bits per heavy atom. The SMILES string of the molecule is CCc1cc(Nc2nc(-c3ccc(-n4ccc(C)c4)c(F)c3)cs2)c(C)cc1C. The minimum atomic E-state index is -0.262. The van der Waals surface area contributed by atoms with Crippen LogP contribution in [0.25, 0.3) is 16.9 Å². The molecule has 4 aromatic rings. The molecule has 2 heterocycles. The van der Waals surface area contributed by atoms with E-state index in [1.807, 2.05) is 36.8 Å². The Hall–Kier alpha value is -2.92. The molecule has 0 bridgehead atoms. The van der Waals surface area contributed by atoms with Crippen LogP contribution < -0.4 is 5.32 Å². The summed E-state index contributed by atoms with van der Waals surface area (Å²) < 4.78 is 16.5. The Bertz CT molecular complexity index is 1170. The average molecular weight is 406 g/mol. The van der Waals surface area contributed by atoms with Gasteiger partial charge in [0.25, 0.3) is 0 Å². The number of halogens is 1. The highest BCUT2D eigenvalue weighted by Gasteiger charge is 2.11. The van der Waals surface area contributed by atoms with E-state index in [0.717, 1.165) is 34.1 Å². The minimum Gasteiger partial charge on any atom is -0.331 e. The number of nitrogens with one attached hydrogen (secondary N) is 1. The van der Waals surface area contributed by atoms with Crippen molar-refractivity contribution in [2.24, 2.45) is 0 Å². The number of aromatic nitrogens is 2. The maximum Gasteiger partial charge on any atom is 0.187 e. The molecule has 0 unspecified atom stereocenters. The number of thiazole rings is 1. The summed E-state index contributed by atoms with van der Waals surface area (Å²) in [6, 6.07) is 11.6. The molecule has 0 atom stereocenters. The van der Waals surface area contributed by atoms with Gasteiger partial charge >= 0.3 is 0 Å². The summed E-state index contributed by atoms with van der Waals surface area (Å²) in [6.45, 7) is 8.40. The van der Waals surface area contributed by atoms with E-state index in [0.29, 0.717) is 5.69 Å². The lowest BCUT2D eigenvalue weighted by Crippen LogP contribution is -1.97. The van der Waals surface area contributed by atoms with Gasteiger partial charge in [-0.25, -0.2) is 9.37 Å². The summed E-state index contributed by atoms with van der Waals surface area (Å²) in [7, 11) is 0. The van der Waals surface area contributed by atoms with Gasteiger partial charge in [0.15, 0.2) is 5.13 Å². The lowest BCUT2D eigenvalue weighted by atomic mass is 10.0. The van der Waals surface area contributed by atoms with Crippen LogP contribution in [0.1, 0.15) is 29.2 Å². The number of hydrogen-bond donors (Lipinski definition) is 1. The Kier molecular flexibility index (Phi) is 5.24. The largest absolute Gasteiger partial charge is 0.331 e. The molecule has 0 spiro atoms. The van der Waals surface area contributed by atoms with Crippen LogP contribution in [-0.2, 0) is 6.42 Å². The molecule has 3 nitrogen and oxygen atoms in total. The lowest BCUT2D eigenvalue weighted by Gasteiger charge is -2.11. The first-order chi connectivity index (χ1) is 13.9. The van der Waals surface area contributed by atoms with Gasteiger partial charge in [0.1, 0.15) is 5.82 Å². The number of aryl methyl sites for hydroxylation is 4. The van der Waals surface area contributed by atoms with Crippen LogP contribution in [0.5, 0.6) is 0 Å². The second kappa shape index (κ2) is 7.84. The highest BCUT2D eigenvalue weighted by atomic mass is 32.1. The predicted molar refractivity (Wildman–Crippen MR) is 120 cm³/mol. The first-order valence-corrected chi connectivity index (χ1v) is 10.6. The van der Waals surface area contributed by atoms with Gasteiger partial charge in [0, 0.05) is 29.0 Å². The summed E-state index contributed by atoms with van der Waals surface area (Å²) in [5.41, 5.74) is 8.07. The summed E-state index contributed by atoms with van der Waals surface area (Å²) >= 11 is 1.53. The van der Waals surface area contributed by atoms with E-state index in [1.165, 1.54) is 28.0 Å². The quantitative estimate of drug-likeness (QED) is 0.388. The molecule has 4 rings (SSSR count). The van der Waals surface area contributed by atoms with Crippen molar-refractivity contribution < 1.29 is 4.39 Å². The predicted octanol–water partition coefficient (Wildman–Crippen LogP) is 6.97. The van der Waals surface area contributed by atoms with Crippen LogP contribution >= 0.6 is 11.3 Å². The van der Waals surface area contributed by atoms with Gasteiger partial charge in [-0.15, -0.1) is 11.3 Å². The van der Waals surface area contributed by atoms with Crippen LogP contribution in [-0.4, -0.2) is 9.55 Å². The van der Waals surface area contributed by atoms with Gasteiger partial charge in [-0.05, 0) is 73.7 Å². The summed E-state index contributed by atoms with van der Waals surface area (Å²) in [4.78, 5) is 4.68. The van der Waals surface area contributed by atoms with Gasteiger partial charge in [0.2, 0.25) is 0 Å². The molecule has 1 N–H and O–H groups in total. The molecule has 0 radical (unpaired) electrons. The molecule has 5 heteroatoms. The van der Waals surface area contributed by atoms with Crippen molar-refractivity contribution in [2.75, 3.05) is 5.32 Å². The van der Waals surface area contributed by atoms with Crippen molar-refractivity contribution in [1.29, 1.82) is 0 Å². The molecule has 148 valence electrons. The minimum absolute atomic E-state index is 0.262. The molecule has 0 aliphatic rings. The molecule has 2 aromatic heterocycles. The van der Waals surface area contributed by atoms with E-state index in [-0.39, 0.29) is 5.82 Å². The van der Waals surface area contributed by atoms with Gasteiger partial charge in [-0.2, -0.15) is 0 Å². The molecule has 2 aromatic carbocycles. The highest BCUT2D eigenvalue weighted by Crippen LogP contribution is 2.31. The number of hydrogen-bond acceptors (Lipinski definition) is 3. The molecular formula is C24H24FN3S. The molecule has 0 fully saturated rings. The van der Waals surface area contributed by atoms with Crippen LogP contribution in [0.2, 0.25) is 0 Å². The van der Waals surface area contributed by atoms with E-state index < -0.39 is 0 Å². The van der Waals surface area contributed by atoms with E-state index in [1.54, 1.807) is 16.7 Å². The van der Waals surface area contributed by atoms with E-state index in [4.69, 9.17) is 0 Å². The second-order valence-corrected chi connectivity index (χ2v) is 8.23. The van der Waals surface area contributed by atoms with Gasteiger partial charge in [0.05, 0.1) is 11.4 Å². The monoisotopic (exact) mass is 405 g/mol. The molecule has 0 saturated carbocycles. The lowest BCUT2D eigenvalue weighted by molar-refractivity contribution is 0.619. The number of nitrogens with zero attached hydrogens (tertiary/aromatic N) is 2. The Morgan fingerprint density at radius 2 is 1.90 bits per heavy atom. The number of rotatable bonds is 5. The van der Waals surface area contributed by atoms with Crippen molar-refractivity contribution in [1.82, 2.24) is 9.55 Å². The topological polar surface area (TPSA) is 29.9 Å². The van der Waals surface area contributed by atoms with Crippen molar-refractivity contribution in [3.63, 3.8) is 0 Å². The Balaban J connectivity index is 1.59. The van der Waals surface area contributed by atoms with Crippen molar-refractivity contribution in [3.05, 3.63) is 82.2 Å². The second-order valence-electron chi connectivity index (χ2n) is 7.37. The molecular weight excluding hydrogens is 381 g/mol. The molecule has 0 saturated heterocycles. The van der Waals surface area contributed by atoms with E-state index in [2.05, 4.69) is 43.2 Å². The van der Waals surface area contributed by atoms with Crippen molar-refractivity contribution >= 4 is 22.2 Å². The third-order valence-electron chi connectivity index (χ3n) is 5.17. The Morgan fingerprint density at radius 3 is 2.59 bits per heavy atom. The summed E-state index contributed by atoms with van der Waals surface area (Å²) in [5, 5.41) is 6.19. The first kappa shape index (κ1) is 19.4. The number of benzene rings is 2. The van der Waals surface area contributed by atoms with Crippen molar-refractivity contribution in [3.8, 4) is 16.9 Å². The summed E-state index contributed by atoms with van der Waals surface area (Å²) in [6.07, 6.45) is 4.78. The van der Waals surface area contributed by atoms with Gasteiger partial charge in [-0.3, -0.25) is 0 Å². The number of anilines is 2. The fraction of sp³-hybridized carbons (Fsp3) is 0.208. The zero-order valence-corrected chi connectivity index (χ0v) is 17.9. The van der Waals surface area contributed by atoms with Crippen molar-refractivity contribution in [2.45, 2.75) is 34.1 Å². The normalized spacial score (nSPS) is 11.1. The molecule has 0 aliphatic carbocycles. The fourth-order valence-electron chi connectivity index (χ4n) is 3.52. The third kappa shape index (κ3) is 3.96. The average Bonchev–Trinajstić information content (AvgIpc) is 3.33. The first-order valence-electron chi connectivity index (χ1n) is 9.72. The molecule has 0 amide bonds. The van der Waals surface area contributed by atoms with Crippen LogP contribution in [0.3, 0.4) is 0 Å². The van der Waals surface area contributed by atoms with Crippen LogP contribution in [0, 0.1) is 26.6 Å². The summed E-state index contributed by atoms with van der Waals surface area (Å²) in [5.74, 6) is -0.262. The standard InChI is InChI=1S/C24H24FN3S/c1-5-18-12-21(17(4)10-16(18)3)26-24-27-22(14-29-24)19-6-7-23(20(25)11-19)28-9-8-15(2)13-28/h6-14H,5H2,1-4H3,(H,26,27). The molecule has 0 aliphatic heterocycles. The maximum absolute atomic E-state index is 14.7. The van der Waals surface area contributed by atoms with E-state index >= 15 is 0 Å². The maximum atomic E-state index is 14.7.